The zero-order valence-corrected chi connectivity index (χ0v) is 35.4. The van der Waals surface area contributed by atoms with E-state index in [9.17, 15) is 18.5 Å². The molecule has 1 unspecified atom stereocenters. The Labute approximate surface area is 355 Å². The van der Waals surface area contributed by atoms with E-state index in [0.29, 0.717) is 36.8 Å². The van der Waals surface area contributed by atoms with Crippen molar-refractivity contribution in [3.63, 3.8) is 0 Å². The molecule has 0 saturated carbocycles. The number of nitrogens with zero attached hydrogens (tertiary/aromatic N) is 4. The largest absolute Gasteiger partial charge is 0.485 e. The lowest BCUT2D eigenvalue weighted by Gasteiger charge is -2.39. The van der Waals surface area contributed by atoms with Gasteiger partial charge < -0.3 is 29.4 Å². The molecular weight excluding hydrogens is 806 g/mol. The Kier molecular flexibility index (Phi) is 12.4. The molecule has 16 heteroatoms. The van der Waals surface area contributed by atoms with E-state index in [0.717, 1.165) is 79.8 Å². The van der Waals surface area contributed by atoms with Gasteiger partial charge in [0.05, 0.1) is 35.3 Å². The number of allylic oxidation sites excluding steroid dienone is 1. The van der Waals surface area contributed by atoms with E-state index in [-0.39, 0.29) is 35.3 Å². The van der Waals surface area contributed by atoms with Crippen molar-refractivity contribution in [1.82, 2.24) is 24.9 Å². The average molecular weight is 856 g/mol. The number of nitro benzene ring substituents is 1. The molecule has 2 saturated heterocycles. The lowest BCUT2D eigenvalue weighted by molar-refractivity contribution is -0.386. The maximum atomic E-state index is 13.6. The highest BCUT2D eigenvalue weighted by molar-refractivity contribution is 7.89. The molecule has 5 aromatic rings. The van der Waals surface area contributed by atoms with Crippen molar-refractivity contribution in [2.45, 2.75) is 50.6 Å². The highest BCUT2D eigenvalue weighted by atomic mass is 35.5. The van der Waals surface area contributed by atoms with Crippen LogP contribution in [0.1, 0.15) is 44.2 Å². The predicted molar refractivity (Wildman–Crippen MR) is 232 cm³/mol. The van der Waals surface area contributed by atoms with Gasteiger partial charge in [-0.3, -0.25) is 15.0 Å². The van der Waals surface area contributed by atoms with E-state index in [1.54, 1.807) is 12.4 Å². The monoisotopic (exact) mass is 855 g/mol. The van der Waals surface area contributed by atoms with Crippen molar-refractivity contribution < 1.29 is 27.6 Å². The van der Waals surface area contributed by atoms with Crippen LogP contribution in [0.3, 0.4) is 0 Å². The fourth-order valence-corrected chi connectivity index (χ4v) is 9.24. The van der Waals surface area contributed by atoms with Gasteiger partial charge in [-0.15, -0.1) is 0 Å². The van der Waals surface area contributed by atoms with Crippen LogP contribution in [0.15, 0.2) is 95.7 Å². The standard InChI is InChI=1S/C44H50ClN7O7S/c1-44(2)13-11-33(39(24-44)30-3-6-34(45)7-4-30)27-50-16-18-51(19-17-50)36-8-5-32(42(22-36)59-37-21-31-12-14-47-43(31)48-26-37)25-49-60(55,56)38-9-10-41(40(23-38)52(53)54)58-29-35-28-57-20-15-46-35/h3-10,12,14,21-23,26,35,46,49H,11,13,15-20,24-25,27-29H2,1-2H3,(H,47,48). The van der Waals surface area contributed by atoms with Gasteiger partial charge >= 0.3 is 5.69 Å². The number of anilines is 1. The fourth-order valence-electron chi connectivity index (χ4n) is 8.08. The summed E-state index contributed by atoms with van der Waals surface area (Å²) < 4.78 is 47.5. The van der Waals surface area contributed by atoms with Crippen molar-refractivity contribution in [3.8, 4) is 17.2 Å². The molecule has 3 N–H and O–H groups in total. The summed E-state index contributed by atoms with van der Waals surface area (Å²) in [6.07, 6.45) is 6.70. The number of aromatic nitrogens is 2. The van der Waals surface area contributed by atoms with Gasteiger partial charge in [0.2, 0.25) is 10.0 Å². The Hall–Kier alpha value is -5.03. The SMILES string of the molecule is CC1(C)CCC(CN2CCN(c3ccc(CNS(=O)(=O)c4ccc(OCC5COCCN5)c([N+](=O)[O-])c4)c(Oc4cnc5[nH]ccc5c4)c3)CC2)=C(c2ccc(Cl)cc2)C1. The lowest BCUT2D eigenvalue weighted by atomic mass is 9.72. The van der Waals surface area contributed by atoms with E-state index in [4.69, 9.17) is 25.8 Å². The van der Waals surface area contributed by atoms with E-state index in [1.807, 2.05) is 42.5 Å². The maximum absolute atomic E-state index is 13.6. The zero-order chi connectivity index (χ0) is 41.9. The number of piperazine rings is 1. The summed E-state index contributed by atoms with van der Waals surface area (Å²) in [7, 11) is -4.20. The maximum Gasteiger partial charge on any atom is 0.312 e. The molecule has 4 heterocycles. The first kappa shape index (κ1) is 41.7. The molecule has 2 aliphatic heterocycles. The molecule has 1 aliphatic carbocycles. The average Bonchev–Trinajstić information content (AvgIpc) is 3.72. The minimum atomic E-state index is -4.20. The lowest BCUT2D eigenvalue weighted by Crippen LogP contribution is -2.47. The number of morpholine rings is 1. The van der Waals surface area contributed by atoms with Crippen LogP contribution < -0.4 is 24.4 Å². The quantitative estimate of drug-likeness (QED) is 0.0747. The second-order valence-corrected chi connectivity index (χ2v) is 18.6. The van der Waals surface area contributed by atoms with Crippen LogP contribution in [0, 0.1) is 15.5 Å². The third-order valence-corrected chi connectivity index (χ3v) is 13.2. The van der Waals surface area contributed by atoms with Crippen molar-refractivity contribution in [1.29, 1.82) is 0 Å². The molecule has 0 spiro atoms. The number of nitro groups is 1. The molecule has 8 rings (SSSR count). The fraction of sp³-hybridized carbons (Fsp3) is 0.386. The second-order valence-electron chi connectivity index (χ2n) is 16.4. The highest BCUT2D eigenvalue weighted by Crippen LogP contribution is 2.43. The number of pyridine rings is 1. The summed E-state index contributed by atoms with van der Waals surface area (Å²) in [5.41, 5.74) is 6.25. The number of fused-ring (bicyclic) bond motifs is 1. The Balaban J connectivity index is 0.981. The van der Waals surface area contributed by atoms with E-state index in [2.05, 4.69) is 55.8 Å². The number of halogens is 1. The summed E-state index contributed by atoms with van der Waals surface area (Å²) >= 11 is 6.24. The first-order chi connectivity index (χ1) is 28.9. The Morgan fingerprint density at radius 3 is 2.62 bits per heavy atom. The smallest absolute Gasteiger partial charge is 0.312 e. The van der Waals surface area contributed by atoms with Gasteiger partial charge in [-0.05, 0) is 78.3 Å². The Morgan fingerprint density at radius 1 is 1.03 bits per heavy atom. The van der Waals surface area contributed by atoms with Gasteiger partial charge in [-0.1, -0.05) is 49.2 Å². The number of ether oxygens (including phenoxy) is 3. The summed E-state index contributed by atoms with van der Waals surface area (Å²) in [4.78, 5) is 23.5. The summed E-state index contributed by atoms with van der Waals surface area (Å²) in [6, 6.07) is 21.3. The Bertz CT molecular complexity index is 2480. The number of benzene rings is 3. The topological polar surface area (TPSA) is 164 Å². The van der Waals surface area contributed by atoms with Crippen LogP contribution in [0.2, 0.25) is 5.02 Å². The summed E-state index contributed by atoms with van der Waals surface area (Å²) in [5, 5.41) is 16.9. The van der Waals surface area contributed by atoms with Gasteiger partial charge in [-0.2, -0.15) is 0 Å². The molecule has 2 aromatic heterocycles. The van der Waals surface area contributed by atoms with Crippen LogP contribution in [-0.4, -0.2) is 93.3 Å². The van der Waals surface area contributed by atoms with Gasteiger partial charge in [0.1, 0.15) is 23.8 Å². The zero-order valence-electron chi connectivity index (χ0n) is 33.8. The number of nitrogens with one attached hydrogen (secondary N) is 3. The third-order valence-electron chi connectivity index (χ3n) is 11.5. The molecule has 3 aromatic carbocycles. The van der Waals surface area contributed by atoms with Crippen LogP contribution in [0.4, 0.5) is 11.4 Å². The van der Waals surface area contributed by atoms with Gasteiger partial charge in [0, 0.05) is 85.8 Å². The van der Waals surface area contributed by atoms with E-state index < -0.39 is 20.6 Å². The molecule has 2 fully saturated rings. The minimum Gasteiger partial charge on any atom is -0.485 e. The van der Waals surface area contributed by atoms with Crippen molar-refractivity contribution in [2.75, 3.05) is 64.0 Å². The molecule has 60 heavy (non-hydrogen) atoms. The van der Waals surface area contributed by atoms with Crippen LogP contribution in [0.25, 0.3) is 16.6 Å². The number of hydrogen-bond donors (Lipinski definition) is 3. The molecule has 0 amide bonds. The van der Waals surface area contributed by atoms with Crippen molar-refractivity contribution in [2.24, 2.45) is 5.41 Å². The third kappa shape index (κ3) is 9.94. The molecule has 0 bridgehead atoms. The highest BCUT2D eigenvalue weighted by Gasteiger charge is 2.30. The number of aromatic amines is 1. The van der Waals surface area contributed by atoms with Crippen LogP contribution >= 0.6 is 11.6 Å². The van der Waals surface area contributed by atoms with Crippen molar-refractivity contribution >= 4 is 49.6 Å². The molecule has 1 atom stereocenters. The van der Waals surface area contributed by atoms with Gasteiger partial charge in [0.25, 0.3) is 0 Å². The second kappa shape index (κ2) is 17.9. The van der Waals surface area contributed by atoms with E-state index >= 15 is 0 Å². The first-order valence-electron chi connectivity index (χ1n) is 20.3. The summed E-state index contributed by atoms with van der Waals surface area (Å²) in [5.74, 6) is 0.936. The molecule has 3 aliphatic rings. The number of hydrogen-bond acceptors (Lipinski definition) is 11. The van der Waals surface area contributed by atoms with Gasteiger partial charge in [-0.25, -0.2) is 18.1 Å². The van der Waals surface area contributed by atoms with Crippen LogP contribution in [-0.2, 0) is 21.3 Å². The predicted octanol–water partition coefficient (Wildman–Crippen LogP) is 7.55. The molecule has 14 nitrogen and oxygen atoms in total. The number of rotatable bonds is 14. The molecular formula is C44H50ClN7O7S. The van der Waals surface area contributed by atoms with E-state index in [1.165, 1.54) is 28.8 Å². The first-order valence-corrected chi connectivity index (χ1v) is 22.2. The minimum absolute atomic E-state index is 0.0239. The molecule has 316 valence electrons. The number of H-pyrrole nitrogens is 1. The summed E-state index contributed by atoms with van der Waals surface area (Å²) in [6.45, 7) is 10.6. The van der Waals surface area contributed by atoms with Crippen LogP contribution in [0.5, 0.6) is 17.2 Å². The molecule has 0 radical (unpaired) electrons. The Morgan fingerprint density at radius 2 is 1.85 bits per heavy atom. The van der Waals surface area contributed by atoms with Gasteiger partial charge in [0.15, 0.2) is 5.75 Å². The van der Waals surface area contributed by atoms with Crippen molar-refractivity contribution in [3.05, 3.63) is 117 Å². The number of sulfonamides is 1. The normalized spacial score (nSPS) is 18.8.